The number of amides is 1. The lowest BCUT2D eigenvalue weighted by atomic mass is 10.2. The number of hydrogen-bond acceptors (Lipinski definition) is 3. The molecule has 0 radical (unpaired) electrons. The number of carbonyl (C=O) groups excluding carboxylic acids is 1. The molecule has 0 saturated carbocycles. The van der Waals surface area contributed by atoms with E-state index in [2.05, 4.69) is 15.5 Å². The molecule has 0 bridgehead atoms. The second kappa shape index (κ2) is 6.86. The van der Waals surface area contributed by atoms with Gasteiger partial charge < -0.3 is 0 Å². The molecule has 0 aliphatic heterocycles. The molecule has 2 aromatic rings. The molecule has 1 amide bonds. The smallest absolute Gasteiger partial charge is 0.264 e. The van der Waals surface area contributed by atoms with E-state index in [0.29, 0.717) is 0 Å². The molecule has 1 heterocycles. The fraction of sp³-hybridized carbons (Fsp3) is 0. The molecule has 0 aliphatic carbocycles. The van der Waals surface area contributed by atoms with Crippen LogP contribution in [0.3, 0.4) is 0 Å². The number of nitrogens with one attached hydrogen (secondary N) is 1. The minimum atomic E-state index is -0.269. The van der Waals surface area contributed by atoms with Gasteiger partial charge in [0.15, 0.2) is 0 Å². The Morgan fingerprint density at radius 1 is 1.05 bits per heavy atom. The van der Waals surface area contributed by atoms with Crippen LogP contribution in [0, 0.1) is 0 Å². The van der Waals surface area contributed by atoms with Crippen molar-refractivity contribution in [2.24, 2.45) is 5.10 Å². The van der Waals surface area contributed by atoms with Crippen LogP contribution in [0.1, 0.15) is 11.1 Å². The zero-order chi connectivity index (χ0) is 13.3. The summed E-state index contributed by atoms with van der Waals surface area (Å²) in [4.78, 5) is 15.4. The first-order valence-electron chi connectivity index (χ1n) is 5.81. The number of pyridine rings is 1. The Balaban J connectivity index is 1.85. The zero-order valence-electron chi connectivity index (χ0n) is 10.2. The SMILES string of the molecule is O=C(/C=C/c1ccccc1)N/N=C\c1ccncc1. The number of benzene rings is 1. The van der Waals surface area contributed by atoms with E-state index in [1.54, 1.807) is 36.8 Å². The minimum absolute atomic E-state index is 0.269. The first-order chi connectivity index (χ1) is 9.34. The molecule has 0 saturated heterocycles. The third-order valence-corrected chi connectivity index (χ3v) is 2.32. The fourth-order valence-electron chi connectivity index (χ4n) is 1.39. The first-order valence-corrected chi connectivity index (χ1v) is 5.81. The van der Waals surface area contributed by atoms with Crippen LogP contribution in [0.25, 0.3) is 6.08 Å². The van der Waals surface area contributed by atoms with E-state index in [4.69, 9.17) is 0 Å². The Kier molecular flexibility index (Phi) is 4.58. The monoisotopic (exact) mass is 251 g/mol. The highest BCUT2D eigenvalue weighted by molar-refractivity contribution is 5.92. The minimum Gasteiger partial charge on any atom is -0.268 e. The van der Waals surface area contributed by atoms with Crippen LogP contribution in [0.15, 0.2) is 66.0 Å². The van der Waals surface area contributed by atoms with E-state index in [9.17, 15) is 4.79 Å². The Morgan fingerprint density at radius 2 is 1.79 bits per heavy atom. The highest BCUT2D eigenvalue weighted by atomic mass is 16.2. The van der Waals surface area contributed by atoms with Crippen LogP contribution in [-0.4, -0.2) is 17.1 Å². The molecule has 1 aromatic carbocycles. The number of hydrogen-bond donors (Lipinski definition) is 1. The Labute approximate surface area is 111 Å². The predicted octanol–water partition coefficient (Wildman–Crippen LogP) is 2.25. The number of hydrazone groups is 1. The van der Waals surface area contributed by atoms with Gasteiger partial charge in [-0.2, -0.15) is 5.10 Å². The summed E-state index contributed by atoms with van der Waals surface area (Å²) < 4.78 is 0. The van der Waals surface area contributed by atoms with E-state index in [1.165, 1.54) is 6.08 Å². The Bertz CT molecular complexity index is 577. The third kappa shape index (κ3) is 4.55. The van der Waals surface area contributed by atoms with Crippen LogP contribution >= 0.6 is 0 Å². The van der Waals surface area contributed by atoms with Crippen LogP contribution in [0.4, 0.5) is 0 Å². The van der Waals surface area contributed by atoms with Crippen LogP contribution in [-0.2, 0) is 4.79 Å². The molecule has 0 unspecified atom stereocenters. The molecule has 19 heavy (non-hydrogen) atoms. The van der Waals surface area contributed by atoms with Crippen molar-refractivity contribution in [1.29, 1.82) is 0 Å². The van der Waals surface area contributed by atoms with Gasteiger partial charge in [0, 0.05) is 18.5 Å². The molecule has 1 aromatic heterocycles. The van der Waals surface area contributed by atoms with Crippen molar-refractivity contribution in [1.82, 2.24) is 10.4 Å². The lowest BCUT2D eigenvalue weighted by Gasteiger charge is -1.94. The van der Waals surface area contributed by atoms with E-state index >= 15 is 0 Å². The van der Waals surface area contributed by atoms with Gasteiger partial charge in [-0.25, -0.2) is 5.43 Å². The first kappa shape index (κ1) is 12.7. The van der Waals surface area contributed by atoms with Crippen LogP contribution < -0.4 is 5.43 Å². The predicted molar refractivity (Wildman–Crippen MR) is 75.4 cm³/mol. The molecule has 2 rings (SSSR count). The summed E-state index contributed by atoms with van der Waals surface area (Å²) in [7, 11) is 0. The standard InChI is InChI=1S/C15H13N3O/c19-15(7-6-13-4-2-1-3-5-13)18-17-12-14-8-10-16-11-9-14/h1-12H,(H,18,19)/b7-6+,17-12-. The largest absolute Gasteiger partial charge is 0.268 e. The molecule has 0 aliphatic rings. The average molecular weight is 251 g/mol. The number of aromatic nitrogens is 1. The second-order valence-electron chi connectivity index (χ2n) is 3.76. The maximum atomic E-state index is 11.5. The van der Waals surface area contributed by atoms with E-state index in [-0.39, 0.29) is 5.91 Å². The summed E-state index contributed by atoms with van der Waals surface area (Å²) in [5.41, 5.74) is 4.27. The lowest BCUT2D eigenvalue weighted by molar-refractivity contribution is -0.116. The van der Waals surface area contributed by atoms with Crippen molar-refractivity contribution in [2.45, 2.75) is 0 Å². The molecular weight excluding hydrogens is 238 g/mol. The van der Waals surface area contributed by atoms with Crippen molar-refractivity contribution >= 4 is 18.2 Å². The molecule has 94 valence electrons. The topological polar surface area (TPSA) is 54.4 Å². The van der Waals surface area contributed by atoms with E-state index in [1.807, 2.05) is 30.3 Å². The van der Waals surface area contributed by atoms with E-state index < -0.39 is 0 Å². The van der Waals surface area contributed by atoms with Crippen molar-refractivity contribution < 1.29 is 4.79 Å². The molecule has 0 atom stereocenters. The summed E-state index contributed by atoms with van der Waals surface area (Å²) in [5, 5.41) is 3.85. The van der Waals surface area contributed by atoms with E-state index in [0.717, 1.165) is 11.1 Å². The summed E-state index contributed by atoms with van der Waals surface area (Å²) >= 11 is 0. The Hall–Kier alpha value is -2.75. The molecule has 4 heteroatoms. The van der Waals surface area contributed by atoms with Crippen LogP contribution in [0.5, 0.6) is 0 Å². The third-order valence-electron chi connectivity index (χ3n) is 2.32. The van der Waals surface area contributed by atoms with Crippen molar-refractivity contribution in [3.63, 3.8) is 0 Å². The van der Waals surface area contributed by atoms with Gasteiger partial charge in [0.25, 0.3) is 5.91 Å². The lowest BCUT2D eigenvalue weighted by Crippen LogP contribution is -2.14. The van der Waals surface area contributed by atoms with Gasteiger partial charge in [-0.05, 0) is 29.3 Å². The summed E-state index contributed by atoms with van der Waals surface area (Å²) in [6.45, 7) is 0. The highest BCUT2D eigenvalue weighted by Crippen LogP contribution is 2.00. The summed E-state index contributed by atoms with van der Waals surface area (Å²) in [6, 6.07) is 13.2. The van der Waals surface area contributed by atoms with Gasteiger partial charge in [-0.3, -0.25) is 9.78 Å². The average Bonchev–Trinajstić information content (AvgIpc) is 2.47. The zero-order valence-corrected chi connectivity index (χ0v) is 10.2. The van der Waals surface area contributed by atoms with Gasteiger partial charge in [-0.15, -0.1) is 0 Å². The summed E-state index contributed by atoms with van der Waals surface area (Å²) in [6.07, 6.45) is 8.07. The number of rotatable bonds is 4. The fourth-order valence-corrected chi connectivity index (χ4v) is 1.39. The molecule has 1 N–H and O–H groups in total. The van der Waals surface area contributed by atoms with Crippen molar-refractivity contribution in [3.8, 4) is 0 Å². The van der Waals surface area contributed by atoms with Gasteiger partial charge in [-0.1, -0.05) is 30.3 Å². The van der Waals surface area contributed by atoms with Gasteiger partial charge >= 0.3 is 0 Å². The number of nitrogens with zero attached hydrogens (tertiary/aromatic N) is 2. The van der Waals surface area contributed by atoms with Crippen LogP contribution in [0.2, 0.25) is 0 Å². The van der Waals surface area contributed by atoms with Gasteiger partial charge in [0.2, 0.25) is 0 Å². The van der Waals surface area contributed by atoms with Crippen molar-refractivity contribution in [3.05, 3.63) is 72.1 Å². The summed E-state index contributed by atoms with van der Waals surface area (Å²) in [5.74, 6) is -0.269. The second-order valence-corrected chi connectivity index (χ2v) is 3.76. The Morgan fingerprint density at radius 3 is 2.53 bits per heavy atom. The van der Waals surface area contributed by atoms with Crippen molar-refractivity contribution in [2.75, 3.05) is 0 Å². The normalized spacial score (nSPS) is 10.9. The molecule has 0 fully saturated rings. The van der Waals surface area contributed by atoms with Gasteiger partial charge in [0.05, 0.1) is 6.21 Å². The molecule has 4 nitrogen and oxygen atoms in total. The van der Waals surface area contributed by atoms with Gasteiger partial charge in [0.1, 0.15) is 0 Å². The maximum absolute atomic E-state index is 11.5. The quantitative estimate of drug-likeness (QED) is 0.514. The maximum Gasteiger partial charge on any atom is 0.264 e. The number of carbonyl (C=O) groups is 1. The highest BCUT2D eigenvalue weighted by Gasteiger charge is 1.91. The molecular formula is C15H13N3O. The molecule has 0 spiro atoms.